The number of likely N-dealkylation sites (tertiary alicyclic amines) is 1. The smallest absolute Gasteiger partial charge is 0.410 e. The third-order valence-corrected chi connectivity index (χ3v) is 3.47. The van der Waals surface area contributed by atoms with Crippen LogP contribution in [-0.2, 0) is 9.53 Å². The SMILES string of the molecule is CC(C)(C)OC(=O)N1CC[C@@H]2[C@H](C(=O)O)NC[C@@H]21. The van der Waals surface area contributed by atoms with Crippen molar-refractivity contribution in [3.05, 3.63) is 0 Å². The molecule has 0 bridgehead atoms. The Labute approximate surface area is 106 Å². The lowest BCUT2D eigenvalue weighted by Crippen LogP contribution is -2.42. The molecule has 102 valence electrons. The molecule has 3 atom stereocenters. The Kier molecular flexibility index (Phi) is 3.23. The Hall–Kier alpha value is -1.30. The van der Waals surface area contributed by atoms with E-state index in [1.165, 1.54) is 0 Å². The first-order valence-corrected chi connectivity index (χ1v) is 6.25. The summed E-state index contributed by atoms with van der Waals surface area (Å²) in [7, 11) is 0. The highest BCUT2D eigenvalue weighted by Crippen LogP contribution is 2.32. The van der Waals surface area contributed by atoms with E-state index in [4.69, 9.17) is 9.84 Å². The van der Waals surface area contributed by atoms with Crippen LogP contribution in [0.4, 0.5) is 4.79 Å². The van der Waals surface area contributed by atoms with Crippen LogP contribution in [0.1, 0.15) is 27.2 Å². The number of rotatable bonds is 1. The van der Waals surface area contributed by atoms with Gasteiger partial charge < -0.3 is 20.1 Å². The number of amides is 1. The van der Waals surface area contributed by atoms with E-state index in [0.29, 0.717) is 19.5 Å². The standard InChI is InChI=1S/C12H20N2O4/c1-12(2,3)18-11(17)14-5-4-7-8(14)6-13-9(7)10(15)16/h7-9,13H,4-6H2,1-3H3,(H,15,16)/t7-,8-,9+/m0/s1. The fraction of sp³-hybridized carbons (Fsp3) is 0.833. The molecule has 2 saturated heterocycles. The molecule has 0 aromatic carbocycles. The van der Waals surface area contributed by atoms with E-state index in [1.54, 1.807) is 4.90 Å². The number of nitrogens with one attached hydrogen (secondary N) is 1. The Morgan fingerprint density at radius 1 is 1.39 bits per heavy atom. The number of carbonyl (C=O) groups is 2. The quantitative estimate of drug-likeness (QED) is 0.721. The van der Waals surface area contributed by atoms with Crippen molar-refractivity contribution >= 4 is 12.1 Å². The molecule has 2 aliphatic heterocycles. The number of nitrogens with zero attached hydrogens (tertiary/aromatic N) is 1. The average Bonchev–Trinajstić information content (AvgIpc) is 2.71. The van der Waals surface area contributed by atoms with Crippen LogP contribution in [0.25, 0.3) is 0 Å². The number of hydrogen-bond donors (Lipinski definition) is 2. The molecular weight excluding hydrogens is 236 g/mol. The molecule has 0 aromatic rings. The van der Waals surface area contributed by atoms with Gasteiger partial charge in [0.05, 0.1) is 6.04 Å². The van der Waals surface area contributed by atoms with Crippen LogP contribution in [0, 0.1) is 5.92 Å². The number of aliphatic carboxylic acids is 1. The molecule has 0 spiro atoms. The molecule has 2 aliphatic rings. The third-order valence-electron chi connectivity index (χ3n) is 3.47. The molecule has 2 rings (SSSR count). The lowest BCUT2D eigenvalue weighted by Gasteiger charge is -2.27. The Morgan fingerprint density at radius 2 is 2.06 bits per heavy atom. The van der Waals surface area contributed by atoms with E-state index >= 15 is 0 Å². The first-order valence-electron chi connectivity index (χ1n) is 6.25. The van der Waals surface area contributed by atoms with Gasteiger partial charge in [-0.1, -0.05) is 0 Å². The summed E-state index contributed by atoms with van der Waals surface area (Å²) in [5.41, 5.74) is -0.520. The predicted octanol–water partition coefficient (Wildman–Crippen LogP) is 0.668. The first-order chi connectivity index (χ1) is 8.29. The zero-order valence-electron chi connectivity index (χ0n) is 11.0. The lowest BCUT2D eigenvalue weighted by molar-refractivity contribution is -0.140. The number of hydrogen-bond acceptors (Lipinski definition) is 4. The Bertz CT molecular complexity index is 364. The van der Waals surface area contributed by atoms with E-state index in [-0.39, 0.29) is 18.1 Å². The average molecular weight is 256 g/mol. The van der Waals surface area contributed by atoms with Crippen LogP contribution in [0.2, 0.25) is 0 Å². The molecule has 0 saturated carbocycles. The molecule has 0 aromatic heterocycles. The maximum absolute atomic E-state index is 12.0. The van der Waals surface area contributed by atoms with E-state index in [1.807, 2.05) is 20.8 Å². The molecule has 0 aliphatic carbocycles. The molecule has 0 unspecified atom stereocenters. The van der Waals surface area contributed by atoms with Crippen molar-refractivity contribution in [2.45, 2.75) is 44.9 Å². The second-order valence-electron chi connectivity index (χ2n) is 5.92. The maximum atomic E-state index is 12.0. The van der Waals surface area contributed by atoms with Crippen molar-refractivity contribution in [1.29, 1.82) is 0 Å². The molecule has 6 heteroatoms. The van der Waals surface area contributed by atoms with Crippen LogP contribution >= 0.6 is 0 Å². The summed E-state index contributed by atoms with van der Waals surface area (Å²) in [6.07, 6.45) is 0.372. The Balaban J connectivity index is 2.02. The van der Waals surface area contributed by atoms with Gasteiger partial charge in [0.25, 0.3) is 0 Å². The molecule has 18 heavy (non-hydrogen) atoms. The van der Waals surface area contributed by atoms with Gasteiger partial charge in [0, 0.05) is 19.0 Å². The monoisotopic (exact) mass is 256 g/mol. The highest BCUT2D eigenvalue weighted by Gasteiger charge is 2.48. The number of carboxylic acid groups (broad SMARTS) is 1. The molecule has 0 radical (unpaired) electrons. The molecule has 2 heterocycles. The van der Waals surface area contributed by atoms with Gasteiger partial charge in [0.2, 0.25) is 0 Å². The first kappa shape index (κ1) is 13.1. The third kappa shape index (κ3) is 2.43. The summed E-state index contributed by atoms with van der Waals surface area (Å²) in [4.78, 5) is 24.7. The number of ether oxygens (including phenoxy) is 1. The summed E-state index contributed by atoms with van der Waals surface area (Å²) in [5.74, 6) is -0.844. The molecule has 1 amide bonds. The molecule has 6 nitrogen and oxygen atoms in total. The van der Waals surface area contributed by atoms with Crippen molar-refractivity contribution in [2.75, 3.05) is 13.1 Å². The van der Waals surface area contributed by atoms with Crippen molar-refractivity contribution in [3.63, 3.8) is 0 Å². The van der Waals surface area contributed by atoms with E-state index in [9.17, 15) is 9.59 Å². The largest absolute Gasteiger partial charge is 0.480 e. The number of carboxylic acids is 1. The minimum Gasteiger partial charge on any atom is -0.480 e. The molecular formula is C12H20N2O4. The van der Waals surface area contributed by atoms with Gasteiger partial charge >= 0.3 is 12.1 Å². The normalized spacial score (nSPS) is 31.3. The van der Waals surface area contributed by atoms with Gasteiger partial charge in [0.15, 0.2) is 0 Å². The second kappa shape index (κ2) is 4.42. The van der Waals surface area contributed by atoms with Gasteiger partial charge in [-0.2, -0.15) is 0 Å². The minimum atomic E-state index is -0.839. The number of carbonyl (C=O) groups excluding carboxylic acids is 1. The van der Waals surface area contributed by atoms with E-state index in [2.05, 4.69) is 5.32 Å². The van der Waals surface area contributed by atoms with Gasteiger partial charge in [-0.05, 0) is 27.2 Å². The minimum absolute atomic E-state index is 0.00461. The highest BCUT2D eigenvalue weighted by atomic mass is 16.6. The van der Waals surface area contributed by atoms with Gasteiger partial charge in [-0.15, -0.1) is 0 Å². The fourth-order valence-electron chi connectivity index (χ4n) is 2.74. The van der Waals surface area contributed by atoms with E-state index in [0.717, 1.165) is 0 Å². The fourth-order valence-corrected chi connectivity index (χ4v) is 2.74. The van der Waals surface area contributed by atoms with Crippen molar-refractivity contribution in [3.8, 4) is 0 Å². The van der Waals surface area contributed by atoms with Crippen molar-refractivity contribution in [1.82, 2.24) is 10.2 Å². The summed E-state index contributed by atoms with van der Waals surface area (Å²) in [5, 5.41) is 12.0. The number of fused-ring (bicyclic) bond motifs is 1. The summed E-state index contributed by atoms with van der Waals surface area (Å²) in [6.45, 7) is 6.58. The van der Waals surface area contributed by atoms with Gasteiger partial charge in [-0.25, -0.2) is 4.79 Å². The van der Waals surface area contributed by atoms with Crippen LogP contribution in [0.5, 0.6) is 0 Å². The predicted molar refractivity (Wildman–Crippen MR) is 64.3 cm³/mol. The summed E-state index contributed by atoms with van der Waals surface area (Å²) in [6, 6.07) is -0.594. The second-order valence-corrected chi connectivity index (χ2v) is 5.92. The van der Waals surface area contributed by atoms with Crippen molar-refractivity contribution in [2.24, 2.45) is 5.92 Å². The van der Waals surface area contributed by atoms with Gasteiger partial charge in [-0.3, -0.25) is 4.79 Å². The Morgan fingerprint density at radius 3 is 2.61 bits per heavy atom. The van der Waals surface area contributed by atoms with Crippen LogP contribution < -0.4 is 5.32 Å². The highest BCUT2D eigenvalue weighted by molar-refractivity contribution is 5.76. The topological polar surface area (TPSA) is 78.9 Å². The summed E-state index contributed by atoms with van der Waals surface area (Å²) >= 11 is 0. The maximum Gasteiger partial charge on any atom is 0.410 e. The lowest BCUT2D eigenvalue weighted by atomic mass is 9.97. The van der Waals surface area contributed by atoms with Crippen LogP contribution in [0.15, 0.2) is 0 Å². The van der Waals surface area contributed by atoms with Gasteiger partial charge in [0.1, 0.15) is 11.6 Å². The van der Waals surface area contributed by atoms with E-state index < -0.39 is 17.6 Å². The van der Waals surface area contributed by atoms with Crippen molar-refractivity contribution < 1.29 is 19.4 Å². The molecule has 2 fully saturated rings. The zero-order valence-corrected chi connectivity index (χ0v) is 11.0. The molecule has 2 N–H and O–H groups in total. The van der Waals surface area contributed by atoms with Crippen LogP contribution in [0.3, 0.4) is 0 Å². The van der Waals surface area contributed by atoms with Crippen LogP contribution in [-0.4, -0.2) is 52.8 Å². The summed E-state index contributed by atoms with van der Waals surface area (Å²) < 4.78 is 5.34. The zero-order chi connectivity index (χ0) is 13.5.